The lowest BCUT2D eigenvalue weighted by Crippen LogP contribution is -2.60. The first-order valence-electron chi connectivity index (χ1n) is 31.4. The fourth-order valence-electron chi connectivity index (χ4n) is 12.7. The number of nitrogens with two attached hydrogens (primary N) is 1. The number of nitrogens with zero attached hydrogens (tertiary/aromatic N) is 9. The zero-order valence-electron chi connectivity index (χ0n) is 53.0. The number of piperazine rings is 1. The predicted octanol–water partition coefficient (Wildman–Crippen LogP) is 11.7. The van der Waals surface area contributed by atoms with Gasteiger partial charge in [0.15, 0.2) is 0 Å². The number of amidine groups is 1. The van der Waals surface area contributed by atoms with Crippen molar-refractivity contribution in [2.45, 2.75) is 109 Å². The second-order valence-electron chi connectivity index (χ2n) is 24.9. The van der Waals surface area contributed by atoms with Crippen molar-refractivity contribution in [3.05, 3.63) is 158 Å². The monoisotopic (exact) mass is 1270 g/mol. The number of carbonyl (C=O) groups excluding carboxylic acids is 3. The molecule has 2 bridgehead atoms. The van der Waals surface area contributed by atoms with Gasteiger partial charge in [-0.25, -0.2) is 14.2 Å². The minimum absolute atomic E-state index is 0.0938. The van der Waals surface area contributed by atoms with Crippen molar-refractivity contribution in [1.82, 2.24) is 34.4 Å². The molecule has 4 aliphatic rings. The predicted molar refractivity (Wildman–Crippen MR) is 349 cm³/mol. The first-order chi connectivity index (χ1) is 43.3. The number of Topliss-reactive ketones (excluding diaryl/α,β-unsaturated/α-hetero) is 1. The van der Waals surface area contributed by atoms with Gasteiger partial charge in [-0.1, -0.05) is 74.3 Å². The third kappa shape index (κ3) is 14.7. The van der Waals surface area contributed by atoms with Crippen LogP contribution in [0.2, 0.25) is 10.0 Å². The lowest BCUT2D eigenvalue weighted by atomic mass is 9.71. The zero-order chi connectivity index (χ0) is 63.7. The maximum atomic E-state index is 15.5. The maximum Gasteiger partial charge on any atom is 0.326 e. The van der Waals surface area contributed by atoms with Crippen LogP contribution in [0.25, 0.3) is 11.1 Å². The van der Waals surface area contributed by atoms with E-state index in [1.807, 2.05) is 88.3 Å². The van der Waals surface area contributed by atoms with Gasteiger partial charge < -0.3 is 44.1 Å². The van der Waals surface area contributed by atoms with Gasteiger partial charge in [0.25, 0.3) is 5.91 Å². The van der Waals surface area contributed by atoms with E-state index in [4.69, 9.17) is 62.7 Å². The SMILES string of the molecule is CCOc1cc(C(C)(C)C)ccc1C1=N[C@@](C)(c2ccc(Cl)cc2)[C@@](C)(c2ccc(Cl)cc2)N1C(=O)N1CCN(CCOCCOCCOCCOCCC(=O)CCCn2cc3c(n2)CN(C)C(=O)c2ccc(F)cc2[C@H]2CCCN2c2cc-3cnc2N)CC1. The molecule has 0 saturated carbocycles. The number of rotatable bonds is 24. The van der Waals surface area contributed by atoms with Crippen LogP contribution in [0.15, 0.2) is 108 Å². The van der Waals surface area contributed by atoms with Gasteiger partial charge in [0.1, 0.15) is 40.1 Å². The molecule has 6 aromatic rings. The average molecular weight is 1270 g/mol. The molecule has 6 heterocycles. The average Bonchev–Trinajstić information content (AvgIpc) is 1.52. The number of aromatic nitrogens is 3. The van der Waals surface area contributed by atoms with Crippen LogP contribution in [-0.4, -0.2) is 164 Å². The topological polar surface area (TPSA) is 183 Å². The Morgan fingerprint density at radius 1 is 0.756 bits per heavy atom. The Balaban J connectivity index is 0.627. The highest BCUT2D eigenvalue weighted by Gasteiger charge is 2.60. The Bertz CT molecular complexity index is 3520. The smallest absolute Gasteiger partial charge is 0.326 e. The molecule has 2 saturated heterocycles. The number of anilines is 2. The number of pyridine rings is 1. The third-order valence-corrected chi connectivity index (χ3v) is 18.5. The number of benzene rings is 4. The zero-order valence-corrected chi connectivity index (χ0v) is 54.5. The highest BCUT2D eigenvalue weighted by Crippen LogP contribution is 2.54. The second-order valence-corrected chi connectivity index (χ2v) is 25.8. The van der Waals surface area contributed by atoms with Crippen LogP contribution in [0.1, 0.15) is 124 Å². The molecule has 0 spiro atoms. The normalized spacial score (nSPS) is 19.5. The molecule has 21 heteroatoms. The lowest BCUT2D eigenvalue weighted by molar-refractivity contribution is -0.120. The van der Waals surface area contributed by atoms with E-state index in [1.165, 1.54) is 12.1 Å². The largest absolute Gasteiger partial charge is 0.493 e. The highest BCUT2D eigenvalue weighted by atomic mass is 35.5. The van der Waals surface area contributed by atoms with Crippen molar-refractivity contribution in [3.8, 4) is 16.9 Å². The summed E-state index contributed by atoms with van der Waals surface area (Å²) in [6.45, 7) is 20.9. The number of urea groups is 1. The van der Waals surface area contributed by atoms with Crippen molar-refractivity contribution in [2.75, 3.05) is 116 Å². The quantitative estimate of drug-likeness (QED) is 0.0566. The van der Waals surface area contributed by atoms with Crippen molar-refractivity contribution in [3.63, 3.8) is 0 Å². The van der Waals surface area contributed by atoms with Gasteiger partial charge in [-0.2, -0.15) is 5.10 Å². The van der Waals surface area contributed by atoms with Crippen molar-refractivity contribution < 1.29 is 42.5 Å². The van der Waals surface area contributed by atoms with Crippen LogP contribution in [0.3, 0.4) is 0 Å². The molecule has 4 aliphatic heterocycles. The molecule has 90 heavy (non-hydrogen) atoms. The van der Waals surface area contributed by atoms with E-state index in [0.717, 1.165) is 51.9 Å². The summed E-state index contributed by atoms with van der Waals surface area (Å²) < 4.78 is 46.1. The summed E-state index contributed by atoms with van der Waals surface area (Å²) in [6.07, 6.45) is 6.50. The number of nitrogen functional groups attached to an aromatic ring is 1. The number of carbonyl (C=O) groups is 3. The van der Waals surface area contributed by atoms with Crippen LogP contribution in [0.5, 0.6) is 5.75 Å². The summed E-state index contributed by atoms with van der Waals surface area (Å²) >= 11 is 13.0. The molecule has 4 aromatic carbocycles. The molecule has 18 nitrogen and oxygen atoms in total. The summed E-state index contributed by atoms with van der Waals surface area (Å²) in [7, 11) is 1.73. The van der Waals surface area contributed by atoms with Crippen LogP contribution >= 0.6 is 23.2 Å². The number of aliphatic imine (C=N–C) groups is 1. The fourth-order valence-corrected chi connectivity index (χ4v) is 12.9. The molecule has 480 valence electrons. The Morgan fingerprint density at radius 3 is 2.07 bits per heavy atom. The first-order valence-corrected chi connectivity index (χ1v) is 32.2. The molecule has 0 aliphatic carbocycles. The molecule has 0 radical (unpaired) electrons. The lowest BCUT2D eigenvalue weighted by Gasteiger charge is -2.47. The van der Waals surface area contributed by atoms with Crippen LogP contribution in [-0.2, 0) is 53.3 Å². The van der Waals surface area contributed by atoms with Crippen LogP contribution in [0, 0.1) is 5.82 Å². The Morgan fingerprint density at radius 2 is 1.40 bits per heavy atom. The molecular formula is C69H85Cl2FN10O8. The number of hydrogen-bond acceptors (Lipinski definition) is 14. The molecule has 0 unspecified atom stereocenters. The van der Waals surface area contributed by atoms with E-state index in [2.05, 4.69) is 61.5 Å². The van der Waals surface area contributed by atoms with Gasteiger partial charge in [-0.05, 0) is 128 Å². The summed E-state index contributed by atoms with van der Waals surface area (Å²) in [6, 6.07) is 27.7. The van der Waals surface area contributed by atoms with E-state index in [1.54, 1.807) is 24.2 Å². The minimum Gasteiger partial charge on any atom is -0.493 e. The molecule has 3 amide bonds. The fraction of sp³-hybridized carbons (Fsp3) is 0.478. The van der Waals surface area contributed by atoms with Crippen molar-refractivity contribution in [1.29, 1.82) is 0 Å². The molecule has 2 aromatic heterocycles. The third-order valence-electron chi connectivity index (χ3n) is 18.0. The van der Waals surface area contributed by atoms with Crippen LogP contribution < -0.4 is 15.4 Å². The number of halogens is 3. The van der Waals surface area contributed by atoms with Crippen LogP contribution in [0.4, 0.5) is 20.7 Å². The Kier molecular flexibility index (Phi) is 21.3. The number of ether oxygens (including phenoxy) is 5. The van der Waals surface area contributed by atoms with Gasteiger partial charge in [0.05, 0.1) is 89.0 Å². The highest BCUT2D eigenvalue weighted by molar-refractivity contribution is 6.30. The summed E-state index contributed by atoms with van der Waals surface area (Å²) in [5.74, 6) is 1.05. The van der Waals surface area contributed by atoms with Gasteiger partial charge in [0.2, 0.25) is 0 Å². The van der Waals surface area contributed by atoms with E-state index in [9.17, 15) is 14.0 Å². The van der Waals surface area contributed by atoms with Gasteiger partial charge >= 0.3 is 6.03 Å². The summed E-state index contributed by atoms with van der Waals surface area (Å²) in [5.41, 5.74) is 12.1. The number of ketones is 1. The maximum absolute atomic E-state index is 15.5. The second kappa shape index (κ2) is 29.1. The van der Waals surface area contributed by atoms with Crippen molar-refractivity contribution >= 4 is 58.3 Å². The molecule has 10 rings (SSSR count). The van der Waals surface area contributed by atoms with E-state index >= 15 is 4.79 Å². The number of amides is 3. The summed E-state index contributed by atoms with van der Waals surface area (Å²) in [4.78, 5) is 62.4. The standard InChI is InChI=1S/C69H85Cl2FN10O8/c1-8-90-62-42-50(67(2,3)4)17-23-56(62)64-75-68(5,48-13-18-51(70)19-14-48)69(6,49-15-20-52(71)21-16-49)82(64)66(85)79-30-28-78(29-31-79)32-34-87-36-38-89-40-39-88-37-35-86-33-25-54(83)11-9-26-80-45-58-47-41-61(63(73)74-44-47)81-27-10-12-60(81)57-43-53(72)22-24-55(57)65(84)77(7)46-59(58)76-80/h13-24,41-45,60H,8-12,25-40,46H2,1-7H3,(H2,73,74)/t60-,68+,69-/m1/s1. The molecule has 3 atom stereocenters. The Labute approximate surface area is 538 Å². The Hall–Kier alpha value is -6.97. The number of hydrogen-bond donors (Lipinski definition) is 1. The number of aryl methyl sites for hydroxylation is 1. The van der Waals surface area contributed by atoms with E-state index in [0.29, 0.717) is 169 Å². The molecule has 2 N–H and O–H groups in total. The van der Waals surface area contributed by atoms with Gasteiger partial charge in [0, 0.05) is 105 Å². The van der Waals surface area contributed by atoms with E-state index in [-0.39, 0.29) is 35.7 Å². The first kappa shape index (κ1) is 66.0. The molecule has 2 fully saturated rings. The number of fused-ring (bicyclic) bond motifs is 8. The minimum atomic E-state index is -1.02. The van der Waals surface area contributed by atoms with Gasteiger partial charge in [-0.15, -0.1) is 0 Å². The molecular weight excluding hydrogens is 1190 g/mol. The van der Waals surface area contributed by atoms with E-state index < -0.39 is 16.9 Å². The summed E-state index contributed by atoms with van der Waals surface area (Å²) in [5, 5.41) is 6.09. The van der Waals surface area contributed by atoms with Gasteiger partial charge in [-0.3, -0.25) is 29.1 Å². The van der Waals surface area contributed by atoms with Crippen molar-refractivity contribution in [2.24, 2.45) is 4.99 Å².